The van der Waals surface area contributed by atoms with Gasteiger partial charge in [-0.05, 0) is 43.2 Å². The number of hydrogen-bond donors (Lipinski definition) is 1. The predicted molar refractivity (Wildman–Crippen MR) is 87.3 cm³/mol. The van der Waals surface area contributed by atoms with Gasteiger partial charge in [-0.1, -0.05) is 22.0 Å². The number of esters is 1. The fourth-order valence-corrected chi connectivity index (χ4v) is 3.84. The van der Waals surface area contributed by atoms with Crippen LogP contribution in [0.3, 0.4) is 0 Å². The quantitative estimate of drug-likeness (QED) is 0.816. The summed E-state index contributed by atoms with van der Waals surface area (Å²) in [4.78, 5) is 11.5. The van der Waals surface area contributed by atoms with Crippen molar-refractivity contribution in [3.05, 3.63) is 33.8 Å². The second kappa shape index (κ2) is 7.48. The summed E-state index contributed by atoms with van der Waals surface area (Å²) in [5, 5.41) is 4.41. The van der Waals surface area contributed by atoms with Crippen LogP contribution in [-0.2, 0) is 11.3 Å². The highest BCUT2D eigenvalue weighted by Crippen LogP contribution is 2.28. The number of carbonyl (C=O) groups is 1. The van der Waals surface area contributed by atoms with E-state index in [0.717, 1.165) is 16.3 Å². The topological polar surface area (TPSA) is 38.3 Å². The molecule has 1 aromatic carbocycles. The van der Waals surface area contributed by atoms with Crippen molar-refractivity contribution in [3.63, 3.8) is 0 Å². The van der Waals surface area contributed by atoms with Gasteiger partial charge < -0.3 is 10.1 Å². The Morgan fingerprint density at radius 3 is 2.90 bits per heavy atom. The van der Waals surface area contributed by atoms with Crippen LogP contribution >= 0.6 is 27.7 Å². The third kappa shape index (κ3) is 3.99. The van der Waals surface area contributed by atoms with E-state index < -0.39 is 0 Å². The number of carbonyl (C=O) groups excluding carboxylic acids is 1. The number of benzene rings is 1. The highest BCUT2D eigenvalue weighted by atomic mass is 79.9. The van der Waals surface area contributed by atoms with Gasteiger partial charge in [0.05, 0.1) is 12.7 Å². The molecular formula is C15H20BrNO2S. The first kappa shape index (κ1) is 15.9. The van der Waals surface area contributed by atoms with Gasteiger partial charge in [0.15, 0.2) is 0 Å². The molecule has 2 rings (SSSR count). The summed E-state index contributed by atoms with van der Waals surface area (Å²) in [5.74, 6) is -0.302. The van der Waals surface area contributed by atoms with Gasteiger partial charge in [0.25, 0.3) is 0 Å². The fraction of sp³-hybridized carbons (Fsp3) is 0.533. The van der Waals surface area contributed by atoms with Crippen LogP contribution in [0.5, 0.6) is 0 Å². The van der Waals surface area contributed by atoms with Crippen molar-refractivity contribution >= 4 is 33.7 Å². The molecular weight excluding hydrogens is 338 g/mol. The van der Waals surface area contributed by atoms with Crippen molar-refractivity contribution in [2.75, 3.05) is 13.4 Å². The van der Waals surface area contributed by atoms with Gasteiger partial charge in [-0.25, -0.2) is 4.79 Å². The first-order chi connectivity index (χ1) is 9.63. The molecule has 0 spiro atoms. The molecule has 110 valence electrons. The molecule has 0 heterocycles. The maximum absolute atomic E-state index is 11.5. The number of rotatable bonds is 5. The highest BCUT2D eigenvalue weighted by Gasteiger charge is 2.23. The van der Waals surface area contributed by atoms with Crippen molar-refractivity contribution in [1.82, 2.24) is 5.32 Å². The zero-order valence-corrected chi connectivity index (χ0v) is 14.2. The van der Waals surface area contributed by atoms with E-state index in [-0.39, 0.29) is 5.97 Å². The summed E-state index contributed by atoms with van der Waals surface area (Å²) in [6.45, 7) is 0.827. The van der Waals surface area contributed by atoms with Crippen LogP contribution in [-0.4, -0.2) is 30.6 Å². The maximum atomic E-state index is 11.5. The van der Waals surface area contributed by atoms with Crippen LogP contribution in [0.2, 0.25) is 0 Å². The average Bonchev–Trinajstić information content (AvgIpc) is 2.93. The summed E-state index contributed by atoms with van der Waals surface area (Å²) >= 11 is 5.50. The summed E-state index contributed by atoms with van der Waals surface area (Å²) in [7, 11) is 1.40. The van der Waals surface area contributed by atoms with Crippen LogP contribution in [0, 0.1) is 0 Å². The number of thioether (sulfide) groups is 1. The molecule has 1 saturated carbocycles. The second-order valence-corrected chi connectivity index (χ2v) is 7.04. The largest absolute Gasteiger partial charge is 0.465 e. The van der Waals surface area contributed by atoms with E-state index in [1.807, 2.05) is 30.0 Å². The lowest BCUT2D eigenvalue weighted by molar-refractivity contribution is 0.0600. The van der Waals surface area contributed by atoms with Gasteiger partial charge in [0, 0.05) is 22.3 Å². The van der Waals surface area contributed by atoms with E-state index in [1.165, 1.54) is 31.9 Å². The summed E-state index contributed by atoms with van der Waals surface area (Å²) in [6, 6.07) is 6.22. The van der Waals surface area contributed by atoms with E-state index in [1.54, 1.807) is 0 Å². The number of ether oxygens (including phenoxy) is 1. The first-order valence-electron chi connectivity index (χ1n) is 6.77. The molecule has 1 aromatic rings. The van der Waals surface area contributed by atoms with E-state index >= 15 is 0 Å². The van der Waals surface area contributed by atoms with Crippen molar-refractivity contribution in [2.24, 2.45) is 0 Å². The fourth-order valence-electron chi connectivity index (χ4n) is 2.53. The number of halogens is 1. The summed E-state index contributed by atoms with van der Waals surface area (Å²) in [5.41, 5.74) is 1.75. The van der Waals surface area contributed by atoms with Crippen LogP contribution < -0.4 is 5.32 Å². The Bertz CT molecular complexity index is 481. The first-order valence-corrected chi connectivity index (χ1v) is 8.85. The molecule has 0 aromatic heterocycles. The molecule has 3 nitrogen and oxygen atoms in total. The number of nitrogens with one attached hydrogen (secondary N) is 1. The van der Waals surface area contributed by atoms with Gasteiger partial charge in [-0.2, -0.15) is 11.8 Å². The van der Waals surface area contributed by atoms with Crippen molar-refractivity contribution in [1.29, 1.82) is 0 Å². The van der Waals surface area contributed by atoms with E-state index in [9.17, 15) is 4.79 Å². The number of methoxy groups -OCH3 is 1. The Morgan fingerprint density at radius 2 is 2.30 bits per heavy atom. The van der Waals surface area contributed by atoms with Crippen molar-refractivity contribution in [3.8, 4) is 0 Å². The minimum Gasteiger partial charge on any atom is -0.465 e. The normalized spacial score (nSPS) is 21.9. The molecule has 1 fully saturated rings. The standard InChI is InChI=1S/C15H20BrNO2S/c1-19-15(18)10-3-4-11(14(16)7-10)9-17-12-5-6-13(8-12)20-2/h3-4,7,12-13,17H,5-6,8-9H2,1-2H3. The smallest absolute Gasteiger partial charge is 0.337 e. The molecule has 0 amide bonds. The van der Waals surface area contributed by atoms with Gasteiger partial charge in [0.1, 0.15) is 0 Å². The Kier molecular flexibility index (Phi) is 5.93. The monoisotopic (exact) mass is 357 g/mol. The molecule has 1 N–H and O–H groups in total. The Balaban J connectivity index is 1.92. The third-order valence-corrected chi connectivity index (χ3v) is 5.61. The van der Waals surface area contributed by atoms with Crippen LogP contribution in [0.15, 0.2) is 22.7 Å². The Hall–Kier alpha value is -0.520. The van der Waals surface area contributed by atoms with Gasteiger partial charge >= 0.3 is 5.97 Å². The van der Waals surface area contributed by atoms with Gasteiger partial charge in [-0.3, -0.25) is 0 Å². The van der Waals surface area contributed by atoms with Crippen LogP contribution in [0.1, 0.15) is 35.2 Å². The lowest BCUT2D eigenvalue weighted by Crippen LogP contribution is -2.26. The average molecular weight is 358 g/mol. The van der Waals surface area contributed by atoms with Gasteiger partial charge in [-0.15, -0.1) is 0 Å². The summed E-state index contributed by atoms with van der Waals surface area (Å²) < 4.78 is 5.67. The Labute approximate surface area is 133 Å². The molecule has 20 heavy (non-hydrogen) atoms. The zero-order chi connectivity index (χ0) is 14.5. The van der Waals surface area contributed by atoms with E-state index in [2.05, 4.69) is 27.5 Å². The molecule has 0 saturated heterocycles. The predicted octanol–water partition coefficient (Wildman–Crippen LogP) is 3.61. The minimum atomic E-state index is -0.302. The van der Waals surface area contributed by atoms with Crippen LogP contribution in [0.4, 0.5) is 0 Å². The molecule has 2 atom stereocenters. The molecule has 0 radical (unpaired) electrons. The Morgan fingerprint density at radius 1 is 1.50 bits per heavy atom. The van der Waals surface area contributed by atoms with Gasteiger partial charge in [0.2, 0.25) is 0 Å². The van der Waals surface area contributed by atoms with Crippen molar-refractivity contribution in [2.45, 2.75) is 37.1 Å². The molecule has 0 aliphatic heterocycles. The number of hydrogen-bond acceptors (Lipinski definition) is 4. The lowest BCUT2D eigenvalue weighted by atomic mass is 10.1. The van der Waals surface area contributed by atoms with Crippen molar-refractivity contribution < 1.29 is 9.53 Å². The molecule has 0 bridgehead atoms. The molecule has 2 unspecified atom stereocenters. The van der Waals surface area contributed by atoms with E-state index in [4.69, 9.17) is 4.74 Å². The molecule has 1 aliphatic rings. The lowest BCUT2D eigenvalue weighted by Gasteiger charge is -2.14. The van der Waals surface area contributed by atoms with E-state index in [0.29, 0.717) is 11.6 Å². The second-order valence-electron chi connectivity index (χ2n) is 5.05. The SMILES string of the molecule is COC(=O)c1ccc(CNC2CCC(SC)C2)c(Br)c1. The van der Waals surface area contributed by atoms with Crippen LogP contribution in [0.25, 0.3) is 0 Å². The minimum absolute atomic E-state index is 0.302. The summed E-state index contributed by atoms with van der Waals surface area (Å²) in [6.07, 6.45) is 6.00. The zero-order valence-electron chi connectivity index (χ0n) is 11.8. The third-order valence-electron chi connectivity index (χ3n) is 3.77. The molecule has 1 aliphatic carbocycles. The molecule has 5 heteroatoms. The maximum Gasteiger partial charge on any atom is 0.337 e. The highest BCUT2D eigenvalue weighted by molar-refractivity contribution is 9.10.